The van der Waals surface area contributed by atoms with Crippen LogP contribution in [0.15, 0.2) is 36.4 Å². The summed E-state index contributed by atoms with van der Waals surface area (Å²) >= 11 is 0. The molecule has 0 radical (unpaired) electrons. The van der Waals surface area contributed by atoms with Gasteiger partial charge in [0, 0.05) is 37.6 Å². The zero-order valence-corrected chi connectivity index (χ0v) is 20.6. The predicted molar refractivity (Wildman–Crippen MR) is 136 cm³/mol. The molecule has 2 aromatic carbocycles. The molecular weight excluding hydrogens is 480 g/mol. The van der Waals surface area contributed by atoms with Crippen LogP contribution < -0.4 is 10.2 Å². The van der Waals surface area contributed by atoms with Crippen LogP contribution in [0.3, 0.4) is 0 Å². The number of nitrogens with zero attached hydrogens (tertiary/aromatic N) is 1. The van der Waals surface area contributed by atoms with E-state index in [0.717, 1.165) is 21.7 Å². The lowest BCUT2D eigenvalue weighted by Crippen LogP contribution is -2.31. The number of ketones is 2. The van der Waals surface area contributed by atoms with Gasteiger partial charge >= 0.3 is 11.9 Å². The van der Waals surface area contributed by atoms with E-state index in [1.54, 1.807) is 36.4 Å². The van der Waals surface area contributed by atoms with E-state index >= 15 is 0 Å². The van der Waals surface area contributed by atoms with Crippen molar-refractivity contribution in [3.8, 4) is 0 Å². The van der Waals surface area contributed by atoms with Gasteiger partial charge in [0.1, 0.15) is 0 Å². The van der Waals surface area contributed by atoms with Gasteiger partial charge in [0.15, 0.2) is 11.6 Å². The Morgan fingerprint density at radius 1 is 0.757 bits per heavy atom. The van der Waals surface area contributed by atoms with Crippen LogP contribution in [0.5, 0.6) is 0 Å². The normalized spacial score (nSPS) is 12.3. The largest absolute Gasteiger partial charge is 0.394 e. The second kappa shape index (κ2) is 13.0. The molecule has 196 valence electrons. The summed E-state index contributed by atoms with van der Waals surface area (Å²) in [5.74, 6) is -1.67. The summed E-state index contributed by atoms with van der Waals surface area (Å²) in [7, 11) is 0. The van der Waals surface area contributed by atoms with Gasteiger partial charge in [-0.05, 0) is 61.4 Å². The molecule has 0 aliphatic carbocycles. The lowest BCUT2D eigenvalue weighted by atomic mass is 10.1. The van der Waals surface area contributed by atoms with Crippen LogP contribution in [-0.4, -0.2) is 41.2 Å². The van der Waals surface area contributed by atoms with E-state index in [0.29, 0.717) is 23.2 Å². The highest BCUT2D eigenvalue weighted by Gasteiger charge is 2.30. The number of rotatable bonds is 2. The number of carbonyl (C=O) groups is 7. The SMILES string of the molecule is C.CC(=O)OC(C)=O.CC(=O)c1ccc2c(c1)CC(=O)N2.CC(=O)c1ccc2c(c1)CC(=O)N2C(C)=O. The van der Waals surface area contributed by atoms with E-state index in [9.17, 15) is 33.6 Å². The number of esters is 2. The number of fused-ring (bicyclic) bond motifs is 2. The molecule has 0 fully saturated rings. The number of carbonyl (C=O) groups excluding carboxylic acids is 7. The number of Topliss-reactive ketones (excluding diaryl/α,β-unsaturated/α-hetero) is 2. The number of hydrogen-bond acceptors (Lipinski definition) is 8. The number of nitrogens with one attached hydrogen (secondary N) is 1. The molecule has 10 nitrogen and oxygen atoms in total. The molecule has 2 aliphatic rings. The van der Waals surface area contributed by atoms with Crippen molar-refractivity contribution in [2.45, 2.75) is 54.9 Å². The summed E-state index contributed by atoms with van der Waals surface area (Å²) in [5, 5.41) is 2.71. The van der Waals surface area contributed by atoms with Gasteiger partial charge < -0.3 is 10.1 Å². The van der Waals surface area contributed by atoms with E-state index in [1.807, 2.05) is 0 Å². The van der Waals surface area contributed by atoms with Crippen molar-refractivity contribution in [1.29, 1.82) is 0 Å². The fourth-order valence-corrected chi connectivity index (χ4v) is 3.54. The van der Waals surface area contributed by atoms with Gasteiger partial charge in [0.25, 0.3) is 0 Å². The van der Waals surface area contributed by atoms with Crippen molar-refractivity contribution >= 4 is 52.6 Å². The second-order valence-electron chi connectivity index (χ2n) is 8.06. The predicted octanol–water partition coefficient (Wildman–Crippen LogP) is 3.44. The molecule has 2 aliphatic heterocycles. The second-order valence-corrected chi connectivity index (χ2v) is 8.06. The van der Waals surface area contributed by atoms with Crippen LogP contribution in [0, 0.1) is 0 Å². The first-order chi connectivity index (χ1) is 16.8. The third kappa shape index (κ3) is 8.31. The van der Waals surface area contributed by atoms with Gasteiger partial charge in [0.2, 0.25) is 17.7 Å². The fraction of sp³-hybridized carbons (Fsp3) is 0.296. The Morgan fingerprint density at radius 3 is 1.73 bits per heavy atom. The standard InChI is InChI=1S/C12H11NO3.C10H9NO2.C4H6O3.CH4/c1-7(14)9-3-4-11-10(5-9)6-12(16)13(11)8(2)15;1-6(12)7-2-3-9-8(4-7)5-10(13)11-9;1-3(5)7-4(2)6;/h3-5H,6H2,1-2H3;2-4H,5H2,1H3,(H,11,13);1-2H3;1H4. The number of ether oxygens (including phenoxy) is 1. The Morgan fingerprint density at radius 2 is 1.27 bits per heavy atom. The molecule has 0 unspecified atom stereocenters. The highest BCUT2D eigenvalue weighted by molar-refractivity contribution is 6.18. The summed E-state index contributed by atoms with van der Waals surface area (Å²) in [6.07, 6.45) is 0.576. The Kier molecular flexibility index (Phi) is 10.7. The van der Waals surface area contributed by atoms with Crippen LogP contribution in [0.25, 0.3) is 0 Å². The monoisotopic (exact) mass is 510 g/mol. The maximum atomic E-state index is 11.6. The molecule has 4 rings (SSSR count). The van der Waals surface area contributed by atoms with Gasteiger partial charge in [-0.15, -0.1) is 0 Å². The molecule has 10 heteroatoms. The summed E-state index contributed by atoms with van der Waals surface area (Å²) < 4.78 is 3.97. The minimum Gasteiger partial charge on any atom is -0.394 e. The summed E-state index contributed by atoms with van der Waals surface area (Å²) in [4.78, 5) is 76.8. The van der Waals surface area contributed by atoms with E-state index in [4.69, 9.17) is 0 Å². The lowest BCUT2D eigenvalue weighted by Gasteiger charge is -2.12. The number of hydrogen-bond donors (Lipinski definition) is 1. The van der Waals surface area contributed by atoms with Crippen molar-refractivity contribution in [3.63, 3.8) is 0 Å². The van der Waals surface area contributed by atoms with Gasteiger partial charge in [-0.2, -0.15) is 0 Å². The maximum absolute atomic E-state index is 11.6. The lowest BCUT2D eigenvalue weighted by molar-refractivity contribution is -0.156. The topological polar surface area (TPSA) is 144 Å². The van der Waals surface area contributed by atoms with Crippen LogP contribution in [0.4, 0.5) is 11.4 Å². The molecule has 37 heavy (non-hydrogen) atoms. The van der Waals surface area contributed by atoms with E-state index in [1.165, 1.54) is 34.6 Å². The first-order valence-corrected chi connectivity index (χ1v) is 10.9. The van der Waals surface area contributed by atoms with Gasteiger partial charge in [-0.3, -0.25) is 38.5 Å². The quantitative estimate of drug-likeness (QED) is 0.368. The number of imide groups is 1. The van der Waals surface area contributed by atoms with E-state index < -0.39 is 11.9 Å². The van der Waals surface area contributed by atoms with Gasteiger partial charge in [-0.1, -0.05) is 7.43 Å². The first-order valence-electron chi connectivity index (χ1n) is 10.9. The molecule has 0 saturated carbocycles. The molecule has 3 amide bonds. The maximum Gasteiger partial charge on any atom is 0.310 e. The number of amides is 3. The Labute approximate surface area is 215 Å². The van der Waals surface area contributed by atoms with Crippen molar-refractivity contribution in [2.75, 3.05) is 10.2 Å². The van der Waals surface area contributed by atoms with Gasteiger partial charge in [0.05, 0.1) is 18.5 Å². The first kappa shape index (κ1) is 30.6. The summed E-state index contributed by atoms with van der Waals surface area (Å²) in [5.41, 5.74) is 4.32. The van der Waals surface area contributed by atoms with E-state index in [-0.39, 0.29) is 43.1 Å². The number of anilines is 2. The molecule has 0 atom stereocenters. The van der Waals surface area contributed by atoms with Crippen LogP contribution >= 0.6 is 0 Å². The highest BCUT2D eigenvalue weighted by Crippen LogP contribution is 2.30. The Balaban J connectivity index is 0.000000295. The van der Waals surface area contributed by atoms with Crippen LogP contribution in [0.1, 0.15) is 73.9 Å². The molecule has 2 heterocycles. The Bertz CT molecular complexity index is 1270. The summed E-state index contributed by atoms with van der Waals surface area (Å²) in [6.45, 7) is 6.71. The summed E-state index contributed by atoms with van der Waals surface area (Å²) in [6, 6.07) is 10.2. The molecule has 1 N–H and O–H groups in total. The van der Waals surface area contributed by atoms with Crippen LogP contribution in [0.2, 0.25) is 0 Å². The zero-order valence-electron chi connectivity index (χ0n) is 20.6. The van der Waals surface area contributed by atoms with Crippen molar-refractivity contribution in [1.82, 2.24) is 0 Å². The minimum absolute atomic E-state index is 0. The molecule has 0 saturated heterocycles. The molecule has 0 bridgehead atoms. The van der Waals surface area contributed by atoms with Crippen molar-refractivity contribution in [2.24, 2.45) is 0 Å². The van der Waals surface area contributed by atoms with Crippen LogP contribution in [-0.2, 0) is 41.6 Å². The fourth-order valence-electron chi connectivity index (χ4n) is 3.54. The molecule has 0 spiro atoms. The highest BCUT2D eigenvalue weighted by atomic mass is 16.6. The molecule has 2 aromatic rings. The van der Waals surface area contributed by atoms with E-state index in [2.05, 4.69) is 10.1 Å². The Hall–Kier alpha value is -4.47. The third-order valence-electron chi connectivity index (χ3n) is 5.06. The molecular formula is C27H30N2O8. The average Bonchev–Trinajstić information content (AvgIpc) is 3.29. The average molecular weight is 511 g/mol. The molecule has 0 aromatic heterocycles. The third-order valence-corrected chi connectivity index (χ3v) is 5.06. The number of benzene rings is 2. The minimum atomic E-state index is -0.562. The van der Waals surface area contributed by atoms with Gasteiger partial charge in [-0.25, -0.2) is 0 Å². The van der Waals surface area contributed by atoms with Crippen molar-refractivity contribution in [3.05, 3.63) is 58.7 Å². The zero-order chi connectivity index (χ0) is 27.2. The van der Waals surface area contributed by atoms with Crippen molar-refractivity contribution < 1.29 is 38.3 Å². The smallest absolute Gasteiger partial charge is 0.310 e.